The van der Waals surface area contributed by atoms with Gasteiger partial charge in [0.25, 0.3) is 0 Å². The molecule has 1 aliphatic rings. The van der Waals surface area contributed by atoms with Crippen LogP contribution in [0.15, 0.2) is 54.8 Å². The van der Waals surface area contributed by atoms with Crippen molar-refractivity contribution in [3.63, 3.8) is 0 Å². The number of ether oxygens (including phenoxy) is 2. The molecule has 0 aliphatic carbocycles. The van der Waals surface area contributed by atoms with Crippen molar-refractivity contribution in [2.24, 2.45) is 5.92 Å². The molecule has 0 bridgehead atoms. The molecule has 0 radical (unpaired) electrons. The van der Waals surface area contributed by atoms with Crippen LogP contribution in [-0.2, 0) is 20.7 Å². The molecule has 0 fully saturated rings. The highest BCUT2D eigenvalue weighted by Crippen LogP contribution is 2.10. The van der Waals surface area contributed by atoms with Crippen molar-refractivity contribution in [2.75, 3.05) is 6.61 Å². The van der Waals surface area contributed by atoms with Gasteiger partial charge in [0.15, 0.2) is 0 Å². The number of allylic oxidation sites excluding steroid dienone is 2. The first-order chi connectivity index (χ1) is 8.88. The summed E-state index contributed by atoms with van der Waals surface area (Å²) in [5.74, 6) is -0.143. The molecule has 2 rings (SSSR count). The van der Waals surface area contributed by atoms with E-state index < -0.39 is 0 Å². The smallest absolute Gasteiger partial charge is 0.219 e. The zero-order valence-corrected chi connectivity index (χ0v) is 10.1. The highest BCUT2D eigenvalue weighted by molar-refractivity contribution is 5.54. The summed E-state index contributed by atoms with van der Waals surface area (Å²) in [5.41, 5.74) is 1.14. The zero-order valence-electron chi connectivity index (χ0n) is 10.1. The molecule has 1 aromatic rings. The molecule has 1 unspecified atom stereocenters. The summed E-state index contributed by atoms with van der Waals surface area (Å²) < 4.78 is 10.7. The number of carbonyl (C=O) groups is 1. The van der Waals surface area contributed by atoms with Gasteiger partial charge in [-0.05, 0) is 24.1 Å². The molecular formula is C15H16O3. The van der Waals surface area contributed by atoms with E-state index in [1.165, 1.54) is 0 Å². The normalized spacial score (nSPS) is 19.2. The molecule has 94 valence electrons. The van der Waals surface area contributed by atoms with E-state index in [4.69, 9.17) is 9.47 Å². The number of carbonyl (C=O) groups excluding carboxylic acids is 1. The molecular weight excluding hydrogens is 228 g/mol. The lowest BCUT2D eigenvalue weighted by Gasteiger charge is -2.18. The molecule has 0 N–H and O–H groups in total. The Hall–Kier alpha value is -1.87. The maximum absolute atomic E-state index is 11.0. The maximum atomic E-state index is 11.0. The third-order valence-electron chi connectivity index (χ3n) is 2.68. The van der Waals surface area contributed by atoms with Crippen LogP contribution in [0.2, 0.25) is 0 Å². The Labute approximate surface area is 107 Å². The summed E-state index contributed by atoms with van der Waals surface area (Å²) in [4.78, 5) is 11.0. The number of aldehydes is 1. The first kappa shape index (κ1) is 12.6. The minimum Gasteiger partial charge on any atom is -0.469 e. The van der Waals surface area contributed by atoms with Gasteiger partial charge in [0.2, 0.25) is 6.29 Å². The molecule has 3 heteroatoms. The van der Waals surface area contributed by atoms with Crippen LogP contribution in [0.3, 0.4) is 0 Å². The molecule has 0 aromatic heterocycles. The van der Waals surface area contributed by atoms with Crippen molar-refractivity contribution in [2.45, 2.75) is 12.7 Å². The van der Waals surface area contributed by atoms with E-state index in [1.807, 2.05) is 42.5 Å². The highest BCUT2D eigenvalue weighted by atomic mass is 16.7. The lowest BCUT2D eigenvalue weighted by atomic mass is 10.0. The van der Waals surface area contributed by atoms with Gasteiger partial charge in [0.1, 0.15) is 6.29 Å². The second-order valence-electron chi connectivity index (χ2n) is 4.14. The summed E-state index contributed by atoms with van der Waals surface area (Å²) in [6.45, 7) is 0.362. The largest absolute Gasteiger partial charge is 0.469 e. The molecule has 0 spiro atoms. The van der Waals surface area contributed by atoms with E-state index in [0.717, 1.165) is 11.8 Å². The van der Waals surface area contributed by atoms with E-state index in [0.29, 0.717) is 13.0 Å². The molecule has 0 saturated heterocycles. The molecule has 2 atom stereocenters. The third-order valence-corrected chi connectivity index (χ3v) is 2.68. The van der Waals surface area contributed by atoms with Gasteiger partial charge in [-0.15, -0.1) is 0 Å². The predicted molar refractivity (Wildman–Crippen MR) is 68.8 cm³/mol. The minimum atomic E-state index is -0.381. The van der Waals surface area contributed by atoms with Crippen LogP contribution in [0.1, 0.15) is 5.56 Å². The first-order valence-electron chi connectivity index (χ1n) is 5.98. The molecule has 0 saturated carbocycles. The van der Waals surface area contributed by atoms with E-state index in [9.17, 15) is 4.79 Å². The number of benzene rings is 1. The van der Waals surface area contributed by atoms with Crippen LogP contribution in [0, 0.1) is 5.92 Å². The summed E-state index contributed by atoms with van der Waals surface area (Å²) >= 11 is 0. The van der Waals surface area contributed by atoms with Crippen molar-refractivity contribution in [1.29, 1.82) is 0 Å². The predicted octanol–water partition coefficient (Wildman–Crippen LogP) is 2.49. The minimum absolute atomic E-state index is 0.143. The fourth-order valence-corrected chi connectivity index (χ4v) is 1.74. The van der Waals surface area contributed by atoms with Gasteiger partial charge in [0, 0.05) is 5.92 Å². The fraction of sp³-hybridized carbons (Fsp3) is 0.267. The average molecular weight is 244 g/mol. The molecule has 0 amide bonds. The van der Waals surface area contributed by atoms with Gasteiger partial charge in [-0.2, -0.15) is 0 Å². The van der Waals surface area contributed by atoms with Crippen molar-refractivity contribution >= 4 is 6.29 Å². The summed E-state index contributed by atoms with van der Waals surface area (Å²) in [7, 11) is 0. The lowest BCUT2D eigenvalue weighted by Crippen LogP contribution is -2.21. The Balaban J connectivity index is 1.80. The SMILES string of the molecule is O=CC(CO[C@@H]1C=CC=CO1)Cc1ccccc1. The summed E-state index contributed by atoms with van der Waals surface area (Å²) in [6.07, 6.45) is 8.30. The van der Waals surface area contributed by atoms with E-state index >= 15 is 0 Å². The topological polar surface area (TPSA) is 35.5 Å². The van der Waals surface area contributed by atoms with Crippen LogP contribution >= 0.6 is 0 Å². The summed E-state index contributed by atoms with van der Waals surface area (Å²) in [5, 5.41) is 0. The lowest BCUT2D eigenvalue weighted by molar-refractivity contribution is -0.119. The van der Waals surface area contributed by atoms with E-state index in [1.54, 1.807) is 12.3 Å². The van der Waals surface area contributed by atoms with Crippen molar-refractivity contribution < 1.29 is 14.3 Å². The number of rotatable bonds is 6. The zero-order chi connectivity index (χ0) is 12.6. The molecule has 1 aromatic carbocycles. The first-order valence-corrected chi connectivity index (χ1v) is 5.98. The van der Waals surface area contributed by atoms with Crippen molar-refractivity contribution in [1.82, 2.24) is 0 Å². The van der Waals surface area contributed by atoms with Crippen LogP contribution in [0.4, 0.5) is 0 Å². The van der Waals surface area contributed by atoms with Gasteiger partial charge >= 0.3 is 0 Å². The monoisotopic (exact) mass is 244 g/mol. The maximum Gasteiger partial charge on any atom is 0.219 e. The van der Waals surface area contributed by atoms with Gasteiger partial charge in [-0.25, -0.2) is 0 Å². The number of hydrogen-bond acceptors (Lipinski definition) is 3. The average Bonchev–Trinajstić information content (AvgIpc) is 2.45. The fourth-order valence-electron chi connectivity index (χ4n) is 1.74. The Bertz CT molecular complexity index is 423. The van der Waals surface area contributed by atoms with Crippen LogP contribution < -0.4 is 0 Å². The Morgan fingerprint density at radius 1 is 1.28 bits per heavy atom. The van der Waals surface area contributed by atoms with Gasteiger partial charge in [-0.1, -0.05) is 36.4 Å². The van der Waals surface area contributed by atoms with Gasteiger partial charge < -0.3 is 14.3 Å². The Morgan fingerprint density at radius 3 is 2.78 bits per heavy atom. The standard InChI is InChI=1S/C15H16O3/c16-11-14(10-13-6-2-1-3-7-13)12-18-15-8-4-5-9-17-15/h1-9,11,14-15H,10,12H2/t14?,15-/m1/s1. The second-order valence-corrected chi connectivity index (χ2v) is 4.14. The number of hydrogen-bond donors (Lipinski definition) is 0. The highest BCUT2D eigenvalue weighted by Gasteiger charge is 2.13. The Kier molecular flexibility index (Phi) is 4.73. The van der Waals surface area contributed by atoms with Gasteiger partial charge in [0.05, 0.1) is 12.9 Å². The van der Waals surface area contributed by atoms with E-state index in [2.05, 4.69) is 0 Å². The van der Waals surface area contributed by atoms with Crippen LogP contribution in [0.5, 0.6) is 0 Å². The van der Waals surface area contributed by atoms with E-state index in [-0.39, 0.29) is 12.2 Å². The quantitative estimate of drug-likeness (QED) is 0.721. The van der Waals surface area contributed by atoms with Crippen LogP contribution in [0.25, 0.3) is 0 Å². The van der Waals surface area contributed by atoms with Crippen molar-refractivity contribution in [3.05, 3.63) is 60.4 Å². The second kappa shape index (κ2) is 6.77. The van der Waals surface area contributed by atoms with Crippen molar-refractivity contribution in [3.8, 4) is 0 Å². The molecule has 1 aliphatic heterocycles. The van der Waals surface area contributed by atoms with Gasteiger partial charge in [-0.3, -0.25) is 0 Å². The van der Waals surface area contributed by atoms with Crippen LogP contribution in [-0.4, -0.2) is 19.2 Å². The molecule has 3 nitrogen and oxygen atoms in total. The molecule has 18 heavy (non-hydrogen) atoms. The Morgan fingerprint density at radius 2 is 2.11 bits per heavy atom. The summed E-state index contributed by atoms with van der Waals surface area (Å²) in [6, 6.07) is 9.92. The molecule has 1 heterocycles. The third kappa shape index (κ3) is 3.86.